The standard InChI is InChI=1S/C20H21OP/c1-17-11-9-10-16-20(17)21-22(2,18-12-5-3-6-13-18)19-14-7-4-8-15-19/h3-16,22H,1-2H3. The summed E-state index contributed by atoms with van der Waals surface area (Å²) < 4.78 is 6.64. The first-order chi connectivity index (χ1) is 10.7. The van der Waals surface area contributed by atoms with Gasteiger partial charge in [-0.1, -0.05) is 0 Å². The number of rotatable bonds is 4. The predicted molar refractivity (Wildman–Crippen MR) is 98.2 cm³/mol. The van der Waals surface area contributed by atoms with E-state index in [-0.39, 0.29) is 0 Å². The van der Waals surface area contributed by atoms with Crippen LogP contribution in [0.1, 0.15) is 5.56 Å². The Hall–Kier alpha value is -2.11. The van der Waals surface area contributed by atoms with Crippen LogP contribution in [0.2, 0.25) is 0 Å². The van der Waals surface area contributed by atoms with Gasteiger partial charge in [-0.05, 0) is 0 Å². The fraction of sp³-hybridized carbons (Fsp3) is 0.100. The van der Waals surface area contributed by atoms with Crippen LogP contribution in [0.5, 0.6) is 5.75 Å². The van der Waals surface area contributed by atoms with Gasteiger partial charge < -0.3 is 0 Å². The molecular formula is C20H21OP. The zero-order chi connectivity index (χ0) is 15.4. The van der Waals surface area contributed by atoms with Crippen molar-refractivity contribution in [1.29, 1.82) is 0 Å². The summed E-state index contributed by atoms with van der Waals surface area (Å²) in [6.07, 6.45) is 0. The second-order valence-electron chi connectivity index (χ2n) is 5.63. The first kappa shape index (κ1) is 14.8. The molecule has 22 heavy (non-hydrogen) atoms. The third kappa shape index (κ3) is 2.91. The average Bonchev–Trinajstić information content (AvgIpc) is 2.58. The quantitative estimate of drug-likeness (QED) is 0.652. The van der Waals surface area contributed by atoms with Crippen molar-refractivity contribution in [3.05, 3.63) is 90.5 Å². The van der Waals surface area contributed by atoms with E-state index in [1.807, 2.05) is 12.1 Å². The van der Waals surface area contributed by atoms with E-state index in [0.717, 1.165) is 5.75 Å². The maximum atomic E-state index is 6.64. The Balaban J connectivity index is 2.10. The molecule has 3 aromatic rings. The van der Waals surface area contributed by atoms with Gasteiger partial charge in [-0.3, -0.25) is 0 Å². The summed E-state index contributed by atoms with van der Waals surface area (Å²) in [5, 5.41) is 2.56. The summed E-state index contributed by atoms with van der Waals surface area (Å²) in [4.78, 5) is 0. The van der Waals surface area contributed by atoms with Crippen molar-refractivity contribution in [2.24, 2.45) is 0 Å². The van der Waals surface area contributed by atoms with E-state index in [4.69, 9.17) is 4.52 Å². The van der Waals surface area contributed by atoms with Crippen LogP contribution >= 0.6 is 7.49 Å². The Kier molecular flexibility index (Phi) is 4.27. The molecule has 1 nitrogen and oxygen atoms in total. The van der Waals surface area contributed by atoms with E-state index in [2.05, 4.69) is 86.4 Å². The zero-order valence-corrected chi connectivity index (χ0v) is 14.0. The third-order valence-corrected chi connectivity index (χ3v) is 7.56. The van der Waals surface area contributed by atoms with Gasteiger partial charge in [0.15, 0.2) is 0 Å². The molecule has 0 aromatic heterocycles. The summed E-state index contributed by atoms with van der Waals surface area (Å²) in [6.45, 7) is 4.37. The normalized spacial score (nSPS) is 11.9. The van der Waals surface area contributed by atoms with Crippen LogP contribution in [0, 0.1) is 6.92 Å². The van der Waals surface area contributed by atoms with Crippen LogP contribution in [0.15, 0.2) is 84.9 Å². The van der Waals surface area contributed by atoms with E-state index < -0.39 is 7.49 Å². The molecule has 0 heterocycles. The molecule has 0 fully saturated rings. The van der Waals surface area contributed by atoms with Gasteiger partial charge in [-0.15, -0.1) is 0 Å². The van der Waals surface area contributed by atoms with Crippen LogP contribution in [0.4, 0.5) is 0 Å². The van der Waals surface area contributed by atoms with Crippen LogP contribution < -0.4 is 15.1 Å². The molecule has 0 unspecified atom stereocenters. The molecule has 0 spiro atoms. The fourth-order valence-electron chi connectivity index (χ4n) is 2.69. The van der Waals surface area contributed by atoms with Gasteiger partial charge in [0.2, 0.25) is 0 Å². The van der Waals surface area contributed by atoms with Gasteiger partial charge in [0, 0.05) is 0 Å². The van der Waals surface area contributed by atoms with Crippen LogP contribution in [0.25, 0.3) is 0 Å². The summed E-state index contributed by atoms with van der Waals surface area (Å²) in [7, 11) is -2.27. The minimum absolute atomic E-state index is 0.976. The predicted octanol–water partition coefficient (Wildman–Crippen LogP) is 4.32. The van der Waals surface area contributed by atoms with Crippen LogP contribution in [-0.4, -0.2) is 6.66 Å². The fourth-order valence-corrected chi connectivity index (χ4v) is 5.58. The van der Waals surface area contributed by atoms with Crippen molar-refractivity contribution in [3.63, 3.8) is 0 Å². The topological polar surface area (TPSA) is 9.23 Å². The molecular weight excluding hydrogens is 287 g/mol. The zero-order valence-electron chi connectivity index (χ0n) is 13.0. The van der Waals surface area contributed by atoms with Crippen molar-refractivity contribution in [2.75, 3.05) is 6.66 Å². The molecule has 0 amide bonds. The maximum absolute atomic E-state index is 6.64. The summed E-state index contributed by atoms with van der Waals surface area (Å²) in [5.74, 6) is 0.976. The molecule has 0 aliphatic rings. The SMILES string of the molecule is Cc1ccccc1O[PH](C)(c1ccccc1)c1ccccc1. The molecule has 3 aromatic carbocycles. The number of hydrogen-bond donors (Lipinski definition) is 0. The molecule has 0 saturated carbocycles. The van der Waals surface area contributed by atoms with Gasteiger partial charge in [0.1, 0.15) is 0 Å². The molecule has 2 heteroatoms. The molecule has 0 bridgehead atoms. The van der Waals surface area contributed by atoms with E-state index in [0.29, 0.717) is 0 Å². The Morgan fingerprint density at radius 1 is 0.636 bits per heavy atom. The molecule has 0 aliphatic carbocycles. The van der Waals surface area contributed by atoms with Crippen molar-refractivity contribution in [1.82, 2.24) is 0 Å². The molecule has 0 radical (unpaired) electrons. The molecule has 0 N–H and O–H groups in total. The Bertz CT molecular complexity index is 698. The van der Waals surface area contributed by atoms with Gasteiger partial charge >= 0.3 is 132 Å². The average molecular weight is 308 g/mol. The number of benzene rings is 3. The van der Waals surface area contributed by atoms with Gasteiger partial charge in [0.05, 0.1) is 0 Å². The van der Waals surface area contributed by atoms with Crippen molar-refractivity contribution >= 4 is 18.1 Å². The van der Waals surface area contributed by atoms with E-state index in [1.165, 1.54) is 16.2 Å². The van der Waals surface area contributed by atoms with Crippen LogP contribution in [0.3, 0.4) is 0 Å². The Morgan fingerprint density at radius 2 is 1.09 bits per heavy atom. The summed E-state index contributed by atoms with van der Waals surface area (Å²) in [5.41, 5.74) is 1.17. The second kappa shape index (κ2) is 6.34. The Morgan fingerprint density at radius 3 is 1.59 bits per heavy atom. The molecule has 0 saturated heterocycles. The van der Waals surface area contributed by atoms with Gasteiger partial charge in [0.25, 0.3) is 0 Å². The summed E-state index contributed by atoms with van der Waals surface area (Å²) >= 11 is 0. The minimum atomic E-state index is -2.27. The van der Waals surface area contributed by atoms with Crippen molar-refractivity contribution in [2.45, 2.75) is 6.92 Å². The van der Waals surface area contributed by atoms with E-state index >= 15 is 0 Å². The van der Waals surface area contributed by atoms with Crippen molar-refractivity contribution in [3.8, 4) is 5.75 Å². The number of para-hydroxylation sites is 1. The summed E-state index contributed by atoms with van der Waals surface area (Å²) in [6, 6.07) is 29.4. The molecule has 3 rings (SSSR count). The van der Waals surface area contributed by atoms with Gasteiger partial charge in [-0.2, -0.15) is 0 Å². The number of hydrogen-bond acceptors (Lipinski definition) is 1. The first-order valence-electron chi connectivity index (χ1n) is 7.56. The first-order valence-corrected chi connectivity index (χ1v) is 9.97. The Labute approximate surface area is 133 Å². The monoisotopic (exact) mass is 308 g/mol. The van der Waals surface area contributed by atoms with Crippen molar-refractivity contribution < 1.29 is 4.52 Å². The third-order valence-electron chi connectivity index (χ3n) is 4.06. The second-order valence-corrected chi connectivity index (χ2v) is 9.06. The molecule has 0 aliphatic heterocycles. The molecule has 112 valence electrons. The van der Waals surface area contributed by atoms with Crippen LogP contribution in [-0.2, 0) is 0 Å². The van der Waals surface area contributed by atoms with Gasteiger partial charge in [-0.25, -0.2) is 0 Å². The van der Waals surface area contributed by atoms with E-state index in [9.17, 15) is 0 Å². The molecule has 0 atom stereocenters. The number of aryl methyl sites for hydroxylation is 1. The van der Waals surface area contributed by atoms with E-state index in [1.54, 1.807) is 0 Å².